The van der Waals surface area contributed by atoms with E-state index in [1.807, 2.05) is 23.6 Å². The third-order valence-electron chi connectivity index (χ3n) is 5.71. The lowest BCUT2D eigenvalue weighted by atomic mass is 9.95. The van der Waals surface area contributed by atoms with E-state index >= 15 is 0 Å². The third-order valence-corrected chi connectivity index (χ3v) is 6.83. The van der Waals surface area contributed by atoms with Crippen molar-refractivity contribution in [3.05, 3.63) is 81.8 Å². The van der Waals surface area contributed by atoms with E-state index in [4.69, 9.17) is 11.6 Å². The van der Waals surface area contributed by atoms with Gasteiger partial charge in [0.15, 0.2) is 6.04 Å². The smallest absolute Gasteiger partial charge is 0.249 e. The standard InChI is InChI=1S/C25H26ClN3O2S/c26-18-11-13-20(14-12-18)29(23(30)17-21-9-6-16-32-21)24(22-10-4-5-15-27-22)25(31)28-19-7-2-1-3-8-19/h4-6,9-16,19,24H,1-3,7-8,17H2,(H,28,31)/t24-/m1/s1. The van der Waals surface area contributed by atoms with E-state index in [9.17, 15) is 9.59 Å². The van der Waals surface area contributed by atoms with Gasteiger partial charge < -0.3 is 5.32 Å². The molecule has 1 N–H and O–H groups in total. The second-order valence-corrected chi connectivity index (χ2v) is 9.47. The molecule has 1 fully saturated rings. The Labute approximate surface area is 197 Å². The molecule has 1 aliphatic carbocycles. The van der Waals surface area contributed by atoms with E-state index in [1.165, 1.54) is 17.8 Å². The maximum atomic E-state index is 13.6. The maximum absolute atomic E-state index is 13.6. The van der Waals surface area contributed by atoms with Gasteiger partial charge in [0.2, 0.25) is 11.8 Å². The minimum Gasteiger partial charge on any atom is -0.351 e. The van der Waals surface area contributed by atoms with Crippen molar-refractivity contribution in [3.63, 3.8) is 0 Å². The quantitative estimate of drug-likeness (QED) is 0.494. The fraction of sp³-hybridized carbons (Fsp3) is 0.320. The van der Waals surface area contributed by atoms with E-state index in [0.717, 1.165) is 30.6 Å². The summed E-state index contributed by atoms with van der Waals surface area (Å²) < 4.78 is 0. The van der Waals surface area contributed by atoms with Crippen molar-refractivity contribution >= 4 is 40.4 Å². The van der Waals surface area contributed by atoms with Crippen LogP contribution < -0.4 is 10.2 Å². The molecule has 166 valence electrons. The van der Waals surface area contributed by atoms with Gasteiger partial charge in [-0.05, 0) is 60.7 Å². The Kier molecular flexibility index (Phi) is 7.55. The Morgan fingerprint density at radius 3 is 2.50 bits per heavy atom. The first-order valence-corrected chi connectivity index (χ1v) is 12.2. The first-order chi connectivity index (χ1) is 15.6. The predicted molar refractivity (Wildman–Crippen MR) is 129 cm³/mol. The molecule has 0 unspecified atom stereocenters. The van der Waals surface area contributed by atoms with Crippen LogP contribution in [0.4, 0.5) is 5.69 Å². The molecule has 2 aromatic heterocycles. The molecule has 0 aliphatic heterocycles. The monoisotopic (exact) mass is 467 g/mol. The lowest BCUT2D eigenvalue weighted by Gasteiger charge is -2.33. The van der Waals surface area contributed by atoms with Gasteiger partial charge in [-0.15, -0.1) is 11.3 Å². The minimum atomic E-state index is -0.869. The summed E-state index contributed by atoms with van der Waals surface area (Å²) in [7, 11) is 0. The fourth-order valence-electron chi connectivity index (χ4n) is 4.13. The van der Waals surface area contributed by atoms with Crippen molar-refractivity contribution < 1.29 is 9.59 Å². The van der Waals surface area contributed by atoms with E-state index in [-0.39, 0.29) is 24.3 Å². The first-order valence-electron chi connectivity index (χ1n) is 10.9. The normalized spacial score (nSPS) is 15.2. The number of halogens is 1. The number of rotatable bonds is 7. The Morgan fingerprint density at radius 2 is 1.84 bits per heavy atom. The molecule has 3 aromatic rings. The SMILES string of the molecule is O=C(NC1CCCCC1)[C@@H](c1ccccn1)N(C(=O)Cc1cccs1)c1ccc(Cl)cc1. The summed E-state index contributed by atoms with van der Waals surface area (Å²) in [5.41, 5.74) is 1.15. The molecule has 1 aromatic carbocycles. The van der Waals surface area contributed by atoms with Crippen molar-refractivity contribution in [2.45, 2.75) is 50.6 Å². The fourth-order valence-corrected chi connectivity index (χ4v) is 4.96. The summed E-state index contributed by atoms with van der Waals surface area (Å²) >= 11 is 7.63. The van der Waals surface area contributed by atoms with Gasteiger partial charge in [-0.25, -0.2) is 0 Å². The lowest BCUT2D eigenvalue weighted by Crippen LogP contribution is -2.48. The summed E-state index contributed by atoms with van der Waals surface area (Å²) in [4.78, 5) is 34.2. The van der Waals surface area contributed by atoms with Crippen LogP contribution in [-0.4, -0.2) is 22.8 Å². The molecule has 4 rings (SSSR count). The van der Waals surface area contributed by atoms with Crippen molar-refractivity contribution in [2.24, 2.45) is 0 Å². The summed E-state index contributed by atoms with van der Waals surface area (Å²) in [6.45, 7) is 0. The molecule has 0 radical (unpaired) electrons. The average molecular weight is 468 g/mol. The highest BCUT2D eigenvalue weighted by Gasteiger charge is 2.35. The molecular weight excluding hydrogens is 442 g/mol. The summed E-state index contributed by atoms with van der Waals surface area (Å²) in [6.07, 6.45) is 7.21. The Bertz CT molecular complexity index is 1020. The highest BCUT2D eigenvalue weighted by atomic mass is 35.5. The molecule has 32 heavy (non-hydrogen) atoms. The molecule has 2 amide bonds. The molecular formula is C25H26ClN3O2S. The largest absolute Gasteiger partial charge is 0.351 e. The minimum absolute atomic E-state index is 0.127. The van der Waals surface area contributed by atoms with E-state index in [1.54, 1.807) is 47.5 Å². The van der Waals surface area contributed by atoms with Crippen molar-refractivity contribution in [1.82, 2.24) is 10.3 Å². The number of nitrogens with zero attached hydrogens (tertiary/aromatic N) is 2. The number of aromatic nitrogens is 1. The zero-order chi connectivity index (χ0) is 22.3. The van der Waals surface area contributed by atoms with Crippen LogP contribution in [0.5, 0.6) is 0 Å². The number of carbonyl (C=O) groups is 2. The lowest BCUT2D eigenvalue weighted by molar-refractivity contribution is -0.127. The first kappa shape index (κ1) is 22.5. The van der Waals surface area contributed by atoms with Crippen LogP contribution in [0.1, 0.15) is 48.7 Å². The van der Waals surface area contributed by atoms with Crippen molar-refractivity contribution in [1.29, 1.82) is 0 Å². The van der Waals surface area contributed by atoms with Gasteiger partial charge in [-0.2, -0.15) is 0 Å². The van der Waals surface area contributed by atoms with Crippen LogP contribution in [0.3, 0.4) is 0 Å². The van der Waals surface area contributed by atoms with E-state index in [2.05, 4.69) is 10.3 Å². The predicted octanol–water partition coefficient (Wildman–Crippen LogP) is 5.56. The van der Waals surface area contributed by atoms with E-state index < -0.39 is 6.04 Å². The zero-order valence-corrected chi connectivity index (χ0v) is 19.3. The Morgan fingerprint density at radius 1 is 1.06 bits per heavy atom. The second kappa shape index (κ2) is 10.7. The number of amides is 2. The van der Waals surface area contributed by atoms with Gasteiger partial charge in [0.05, 0.1) is 12.1 Å². The highest BCUT2D eigenvalue weighted by molar-refractivity contribution is 7.10. The van der Waals surface area contributed by atoms with Crippen LogP contribution >= 0.6 is 22.9 Å². The van der Waals surface area contributed by atoms with Gasteiger partial charge in [0.1, 0.15) is 0 Å². The van der Waals surface area contributed by atoms with Crippen LogP contribution in [0.25, 0.3) is 0 Å². The summed E-state index contributed by atoms with van der Waals surface area (Å²) in [5, 5.41) is 5.71. The van der Waals surface area contributed by atoms with Crippen LogP contribution in [-0.2, 0) is 16.0 Å². The highest BCUT2D eigenvalue weighted by Crippen LogP contribution is 2.30. The van der Waals surface area contributed by atoms with Crippen LogP contribution in [0.2, 0.25) is 5.02 Å². The molecule has 0 bridgehead atoms. The van der Waals surface area contributed by atoms with Gasteiger partial charge in [-0.3, -0.25) is 19.5 Å². The number of nitrogens with one attached hydrogen (secondary N) is 1. The zero-order valence-electron chi connectivity index (χ0n) is 17.7. The molecule has 1 saturated carbocycles. The van der Waals surface area contributed by atoms with Crippen LogP contribution in [0, 0.1) is 0 Å². The average Bonchev–Trinajstić information content (AvgIpc) is 3.32. The number of pyridine rings is 1. The van der Waals surface area contributed by atoms with Crippen molar-refractivity contribution in [2.75, 3.05) is 4.90 Å². The number of benzene rings is 1. The molecule has 5 nitrogen and oxygen atoms in total. The number of hydrogen-bond donors (Lipinski definition) is 1. The topological polar surface area (TPSA) is 62.3 Å². The maximum Gasteiger partial charge on any atom is 0.249 e. The molecule has 1 atom stereocenters. The molecule has 1 aliphatic rings. The van der Waals surface area contributed by atoms with Gasteiger partial charge in [-0.1, -0.05) is 43.0 Å². The molecule has 0 saturated heterocycles. The van der Waals surface area contributed by atoms with Gasteiger partial charge in [0, 0.05) is 27.8 Å². The van der Waals surface area contributed by atoms with Gasteiger partial charge >= 0.3 is 0 Å². The summed E-state index contributed by atoms with van der Waals surface area (Å²) in [6, 6.07) is 15.6. The summed E-state index contributed by atoms with van der Waals surface area (Å²) in [5.74, 6) is -0.366. The number of anilines is 1. The Balaban J connectivity index is 1.71. The van der Waals surface area contributed by atoms with Gasteiger partial charge in [0.25, 0.3) is 0 Å². The van der Waals surface area contributed by atoms with E-state index in [0.29, 0.717) is 16.4 Å². The van der Waals surface area contributed by atoms with Crippen molar-refractivity contribution in [3.8, 4) is 0 Å². The molecule has 7 heteroatoms. The number of carbonyl (C=O) groups excluding carboxylic acids is 2. The third kappa shape index (κ3) is 5.56. The number of thiophene rings is 1. The molecule has 2 heterocycles. The molecule has 0 spiro atoms. The number of hydrogen-bond acceptors (Lipinski definition) is 4. The second-order valence-electron chi connectivity index (χ2n) is 8.00. The Hall–Kier alpha value is -2.70. The van der Waals surface area contributed by atoms with Crippen LogP contribution in [0.15, 0.2) is 66.2 Å².